The lowest BCUT2D eigenvalue weighted by Gasteiger charge is -2.37. The molecule has 2 saturated heterocycles. The molecule has 0 radical (unpaired) electrons. The molecule has 0 bridgehead atoms. The van der Waals surface area contributed by atoms with E-state index in [1.807, 2.05) is 39.1 Å². The second kappa shape index (κ2) is 9.17. The molecule has 4 amide bonds. The summed E-state index contributed by atoms with van der Waals surface area (Å²) >= 11 is 0. The second-order valence-electron chi connectivity index (χ2n) is 12.9. The highest BCUT2D eigenvalue weighted by molar-refractivity contribution is 5.95. The van der Waals surface area contributed by atoms with Crippen LogP contribution in [0.5, 0.6) is 0 Å². The third-order valence-electron chi connectivity index (χ3n) is 7.99. The van der Waals surface area contributed by atoms with Crippen LogP contribution < -0.4 is 16.0 Å². The average Bonchev–Trinajstić information content (AvgIpc) is 3.04. The number of nitriles is 1. The maximum absolute atomic E-state index is 13.5. The number of nitrogens with one attached hydrogen (secondary N) is 3. The lowest BCUT2D eigenvalue weighted by Crippen LogP contribution is -2.61. The third-order valence-corrected chi connectivity index (χ3v) is 7.99. The van der Waals surface area contributed by atoms with E-state index in [0.717, 1.165) is 0 Å². The van der Waals surface area contributed by atoms with Crippen LogP contribution in [0.3, 0.4) is 0 Å². The van der Waals surface area contributed by atoms with E-state index in [0.29, 0.717) is 6.42 Å². The number of fused-ring (bicyclic) bond motifs is 1. The van der Waals surface area contributed by atoms with Gasteiger partial charge in [0.05, 0.1) is 6.07 Å². The monoisotopic (exact) mass is 527 g/mol. The van der Waals surface area contributed by atoms with Gasteiger partial charge in [-0.15, -0.1) is 0 Å². The fraction of sp³-hybridized carbons (Fsp3) is 0.800. The van der Waals surface area contributed by atoms with E-state index >= 15 is 0 Å². The summed E-state index contributed by atoms with van der Waals surface area (Å²) in [6.07, 6.45) is -4.57. The molecule has 1 aliphatic carbocycles. The molecule has 3 aliphatic rings. The molecule has 0 spiro atoms. The summed E-state index contributed by atoms with van der Waals surface area (Å²) in [5.41, 5.74) is -1.77. The summed E-state index contributed by atoms with van der Waals surface area (Å²) in [7, 11) is 0. The van der Waals surface area contributed by atoms with Gasteiger partial charge >= 0.3 is 12.1 Å². The van der Waals surface area contributed by atoms with E-state index in [1.165, 1.54) is 25.7 Å². The Hall–Kier alpha value is -2.84. The number of rotatable bonds is 6. The van der Waals surface area contributed by atoms with Gasteiger partial charge in [0.15, 0.2) is 0 Å². The first-order valence-corrected chi connectivity index (χ1v) is 12.4. The van der Waals surface area contributed by atoms with Gasteiger partial charge in [0.25, 0.3) is 0 Å². The molecule has 6 atom stereocenters. The largest absolute Gasteiger partial charge is 0.471 e. The molecule has 12 heteroatoms. The van der Waals surface area contributed by atoms with Gasteiger partial charge in [0.1, 0.15) is 18.1 Å². The molecule has 0 aromatic heterocycles. The van der Waals surface area contributed by atoms with Crippen molar-refractivity contribution in [3.05, 3.63) is 0 Å². The summed E-state index contributed by atoms with van der Waals surface area (Å²) < 4.78 is 38.9. The number of carbonyl (C=O) groups excluding carboxylic acids is 4. The van der Waals surface area contributed by atoms with Crippen LogP contribution in [0.15, 0.2) is 0 Å². The zero-order chi connectivity index (χ0) is 28.3. The van der Waals surface area contributed by atoms with Gasteiger partial charge in [-0.2, -0.15) is 18.4 Å². The summed E-state index contributed by atoms with van der Waals surface area (Å²) in [5.74, 6) is -4.56. The standard InChI is InChI=1S/C25H36F3N5O4/c1-22(2,3)17(31-21(37)25(26,27)28)20(36)33-11-14-15(24(14,6)7)16(33)19(35)30-13(10-29)8-12-9-23(4,5)32-18(12)34/h12-17H,8-9,11H2,1-7H3,(H,30,35)(H,31,37)(H,32,34)/t12?,13?,14-,15?,16?,17?/m0/s1. The summed E-state index contributed by atoms with van der Waals surface area (Å²) in [6, 6.07) is -1.50. The van der Waals surface area contributed by atoms with Crippen molar-refractivity contribution < 1.29 is 32.3 Å². The van der Waals surface area contributed by atoms with Crippen LogP contribution >= 0.6 is 0 Å². The third kappa shape index (κ3) is 5.70. The van der Waals surface area contributed by atoms with Gasteiger partial charge in [-0.05, 0) is 49.4 Å². The number of hydrogen-bond acceptors (Lipinski definition) is 5. The van der Waals surface area contributed by atoms with Crippen LogP contribution in [0, 0.1) is 39.9 Å². The van der Waals surface area contributed by atoms with E-state index < -0.39 is 58.9 Å². The van der Waals surface area contributed by atoms with Gasteiger partial charge in [-0.25, -0.2) is 0 Å². The lowest BCUT2D eigenvalue weighted by molar-refractivity contribution is -0.176. The van der Waals surface area contributed by atoms with E-state index in [9.17, 15) is 37.6 Å². The number of likely N-dealkylation sites (tertiary alicyclic amines) is 1. The van der Waals surface area contributed by atoms with Gasteiger partial charge in [-0.1, -0.05) is 34.6 Å². The molecule has 2 heterocycles. The van der Waals surface area contributed by atoms with Crippen molar-refractivity contribution in [2.24, 2.45) is 28.6 Å². The Morgan fingerprint density at radius 2 is 1.76 bits per heavy atom. The number of piperidine rings is 1. The molecule has 0 aromatic carbocycles. The number of carbonyl (C=O) groups is 4. The van der Waals surface area contributed by atoms with Crippen LogP contribution in [-0.4, -0.2) is 64.9 Å². The van der Waals surface area contributed by atoms with Gasteiger partial charge < -0.3 is 20.9 Å². The Balaban J connectivity index is 1.80. The van der Waals surface area contributed by atoms with Crippen molar-refractivity contribution in [2.45, 2.75) is 91.1 Å². The highest BCUT2D eigenvalue weighted by atomic mass is 19.4. The molecule has 206 valence electrons. The minimum atomic E-state index is -5.17. The van der Waals surface area contributed by atoms with Gasteiger partial charge in [0.2, 0.25) is 17.7 Å². The molecule has 5 unspecified atom stereocenters. The van der Waals surface area contributed by atoms with E-state index in [1.54, 1.807) is 0 Å². The lowest BCUT2D eigenvalue weighted by atomic mass is 9.85. The van der Waals surface area contributed by atoms with E-state index in [-0.39, 0.29) is 36.1 Å². The molecule has 3 fully saturated rings. The predicted molar refractivity (Wildman–Crippen MR) is 126 cm³/mol. The predicted octanol–water partition coefficient (Wildman–Crippen LogP) is 1.88. The Kier molecular flexibility index (Phi) is 7.12. The van der Waals surface area contributed by atoms with Crippen molar-refractivity contribution in [1.29, 1.82) is 5.26 Å². The topological polar surface area (TPSA) is 131 Å². The van der Waals surface area contributed by atoms with Crippen LogP contribution in [0.4, 0.5) is 13.2 Å². The molecule has 0 aromatic rings. The first kappa shape index (κ1) is 28.7. The van der Waals surface area contributed by atoms with Crippen LogP contribution in [-0.2, 0) is 19.2 Å². The normalized spacial score (nSPS) is 29.4. The molecule has 3 rings (SSSR count). The second-order valence-corrected chi connectivity index (χ2v) is 12.9. The average molecular weight is 528 g/mol. The van der Waals surface area contributed by atoms with Crippen LogP contribution in [0.1, 0.15) is 61.3 Å². The number of halogens is 3. The number of alkyl halides is 3. The Morgan fingerprint density at radius 3 is 2.22 bits per heavy atom. The molecule has 3 N–H and O–H groups in total. The van der Waals surface area contributed by atoms with Gasteiger partial charge in [0, 0.05) is 18.0 Å². The summed E-state index contributed by atoms with van der Waals surface area (Å²) in [4.78, 5) is 52.2. The van der Waals surface area contributed by atoms with Crippen LogP contribution in [0.25, 0.3) is 0 Å². The van der Waals surface area contributed by atoms with Crippen molar-refractivity contribution in [2.75, 3.05) is 6.54 Å². The molecule has 2 aliphatic heterocycles. The quantitative estimate of drug-likeness (QED) is 0.485. The van der Waals surface area contributed by atoms with Crippen molar-refractivity contribution in [3.8, 4) is 6.07 Å². The molecule has 9 nitrogen and oxygen atoms in total. The maximum Gasteiger partial charge on any atom is 0.471 e. The Bertz CT molecular complexity index is 1030. The molecular formula is C25H36F3N5O4. The van der Waals surface area contributed by atoms with E-state index in [4.69, 9.17) is 0 Å². The number of amides is 4. The first-order valence-electron chi connectivity index (χ1n) is 12.4. The number of hydrogen-bond donors (Lipinski definition) is 3. The summed E-state index contributed by atoms with van der Waals surface area (Å²) in [5, 5.41) is 17.0. The highest BCUT2D eigenvalue weighted by Gasteiger charge is 2.70. The summed E-state index contributed by atoms with van der Waals surface area (Å²) in [6.45, 7) is 12.4. The zero-order valence-corrected chi connectivity index (χ0v) is 22.2. The number of nitrogens with zero attached hydrogens (tertiary/aromatic N) is 2. The fourth-order valence-corrected chi connectivity index (χ4v) is 5.91. The zero-order valence-electron chi connectivity index (χ0n) is 22.2. The van der Waals surface area contributed by atoms with Crippen molar-refractivity contribution >= 4 is 23.6 Å². The van der Waals surface area contributed by atoms with Gasteiger partial charge in [-0.3, -0.25) is 19.2 Å². The Labute approximate surface area is 214 Å². The molecular weight excluding hydrogens is 491 g/mol. The maximum atomic E-state index is 13.5. The Morgan fingerprint density at radius 1 is 1.16 bits per heavy atom. The first-order chi connectivity index (χ1) is 16.7. The SMILES string of the molecule is CC1(C)CC(CC(C#N)NC(=O)C2C3[C@H](CN2C(=O)C(NC(=O)C(F)(F)F)C(C)(C)C)C3(C)C)C(=O)N1. The minimum Gasteiger partial charge on any atom is -0.351 e. The van der Waals surface area contributed by atoms with E-state index in [2.05, 4.69) is 10.6 Å². The van der Waals surface area contributed by atoms with Crippen molar-refractivity contribution in [1.82, 2.24) is 20.9 Å². The highest BCUT2D eigenvalue weighted by Crippen LogP contribution is 2.65. The fourth-order valence-electron chi connectivity index (χ4n) is 5.91. The molecule has 1 saturated carbocycles. The van der Waals surface area contributed by atoms with Crippen molar-refractivity contribution in [3.63, 3.8) is 0 Å². The van der Waals surface area contributed by atoms with Crippen LogP contribution in [0.2, 0.25) is 0 Å². The molecule has 37 heavy (non-hydrogen) atoms. The smallest absolute Gasteiger partial charge is 0.351 e. The minimum absolute atomic E-state index is 0.0481.